The first-order chi connectivity index (χ1) is 9.69. The highest BCUT2D eigenvalue weighted by atomic mass is 35.5. The van der Waals surface area contributed by atoms with Crippen molar-refractivity contribution in [3.05, 3.63) is 46.1 Å². The molecule has 1 aromatic carbocycles. The van der Waals surface area contributed by atoms with E-state index in [1.165, 1.54) is 19.3 Å². The SMILES string of the molecule is CCCCCNCc1ccc(-c2cc(Cl)cc(Cl)c2)o1. The van der Waals surface area contributed by atoms with E-state index < -0.39 is 0 Å². The third-order valence-electron chi connectivity index (χ3n) is 3.07. The Morgan fingerprint density at radius 3 is 2.50 bits per heavy atom. The van der Waals surface area contributed by atoms with Crippen molar-refractivity contribution in [3.63, 3.8) is 0 Å². The molecule has 2 nitrogen and oxygen atoms in total. The summed E-state index contributed by atoms with van der Waals surface area (Å²) < 4.78 is 5.81. The fourth-order valence-corrected chi connectivity index (χ4v) is 2.56. The molecule has 0 aliphatic rings. The largest absolute Gasteiger partial charge is 0.460 e. The summed E-state index contributed by atoms with van der Waals surface area (Å²) in [6.45, 7) is 3.97. The molecule has 0 aliphatic heterocycles. The molecule has 0 saturated carbocycles. The van der Waals surface area contributed by atoms with E-state index in [1.54, 1.807) is 6.07 Å². The van der Waals surface area contributed by atoms with E-state index >= 15 is 0 Å². The van der Waals surface area contributed by atoms with Crippen LogP contribution in [0.25, 0.3) is 11.3 Å². The minimum absolute atomic E-state index is 0.614. The summed E-state index contributed by atoms with van der Waals surface area (Å²) in [6, 6.07) is 9.35. The van der Waals surface area contributed by atoms with Crippen molar-refractivity contribution in [1.29, 1.82) is 0 Å². The maximum atomic E-state index is 6.00. The van der Waals surface area contributed by atoms with Crippen LogP contribution in [0.3, 0.4) is 0 Å². The number of halogens is 2. The molecule has 0 saturated heterocycles. The zero-order valence-electron chi connectivity index (χ0n) is 11.6. The molecule has 4 heteroatoms. The molecule has 0 aliphatic carbocycles. The van der Waals surface area contributed by atoms with Gasteiger partial charge in [0, 0.05) is 15.6 Å². The van der Waals surface area contributed by atoms with Gasteiger partial charge >= 0.3 is 0 Å². The summed E-state index contributed by atoms with van der Waals surface area (Å²) in [5.41, 5.74) is 0.903. The number of furan rings is 1. The average molecular weight is 312 g/mol. The Bertz CT molecular complexity index is 531. The minimum atomic E-state index is 0.614. The van der Waals surface area contributed by atoms with E-state index in [0.717, 1.165) is 30.2 Å². The predicted molar refractivity (Wildman–Crippen MR) is 85.4 cm³/mol. The molecule has 0 amide bonds. The number of unbranched alkanes of at least 4 members (excludes halogenated alkanes) is 2. The molecule has 0 atom stereocenters. The van der Waals surface area contributed by atoms with E-state index in [1.807, 2.05) is 24.3 Å². The quantitative estimate of drug-likeness (QED) is 0.680. The van der Waals surface area contributed by atoms with Gasteiger partial charge in [-0.25, -0.2) is 0 Å². The van der Waals surface area contributed by atoms with Crippen LogP contribution >= 0.6 is 23.2 Å². The summed E-state index contributed by atoms with van der Waals surface area (Å²) in [7, 11) is 0. The van der Waals surface area contributed by atoms with Gasteiger partial charge in [0.2, 0.25) is 0 Å². The zero-order valence-corrected chi connectivity index (χ0v) is 13.1. The molecular formula is C16H19Cl2NO. The molecule has 2 aromatic rings. The molecule has 0 unspecified atom stereocenters. The minimum Gasteiger partial charge on any atom is -0.460 e. The first kappa shape index (κ1) is 15.4. The van der Waals surface area contributed by atoms with Crippen molar-refractivity contribution in [2.24, 2.45) is 0 Å². The molecule has 2 rings (SSSR count). The fraction of sp³-hybridized carbons (Fsp3) is 0.375. The number of rotatable bonds is 7. The predicted octanol–water partition coefficient (Wildman–Crippen LogP) is 5.53. The van der Waals surface area contributed by atoms with E-state index in [2.05, 4.69) is 12.2 Å². The van der Waals surface area contributed by atoms with Crippen molar-refractivity contribution < 1.29 is 4.42 Å². The van der Waals surface area contributed by atoms with Gasteiger partial charge in [0.1, 0.15) is 11.5 Å². The number of hydrogen-bond acceptors (Lipinski definition) is 2. The van der Waals surface area contributed by atoms with E-state index in [0.29, 0.717) is 10.0 Å². The van der Waals surface area contributed by atoms with Crippen LogP contribution in [0.15, 0.2) is 34.7 Å². The summed E-state index contributed by atoms with van der Waals surface area (Å²) in [6.07, 6.45) is 3.70. The van der Waals surface area contributed by atoms with E-state index in [-0.39, 0.29) is 0 Å². The van der Waals surface area contributed by atoms with Gasteiger partial charge in [-0.3, -0.25) is 0 Å². The smallest absolute Gasteiger partial charge is 0.134 e. The molecule has 1 N–H and O–H groups in total. The molecule has 0 bridgehead atoms. The first-order valence-electron chi connectivity index (χ1n) is 6.95. The van der Waals surface area contributed by atoms with Crippen molar-refractivity contribution in [2.45, 2.75) is 32.7 Å². The third kappa shape index (κ3) is 4.55. The molecular weight excluding hydrogens is 293 g/mol. The highest BCUT2D eigenvalue weighted by Crippen LogP contribution is 2.28. The number of benzene rings is 1. The molecule has 1 heterocycles. The van der Waals surface area contributed by atoms with Crippen LogP contribution in [0.5, 0.6) is 0 Å². The lowest BCUT2D eigenvalue weighted by atomic mass is 10.2. The Labute approximate surface area is 130 Å². The van der Waals surface area contributed by atoms with Crippen LogP contribution in [-0.4, -0.2) is 6.54 Å². The second kappa shape index (κ2) is 7.72. The van der Waals surface area contributed by atoms with Crippen molar-refractivity contribution in [1.82, 2.24) is 5.32 Å². The monoisotopic (exact) mass is 311 g/mol. The standard InChI is InChI=1S/C16H19Cl2NO/c1-2-3-4-7-19-11-15-5-6-16(20-15)12-8-13(17)10-14(18)9-12/h5-6,8-10,19H,2-4,7,11H2,1H3. The van der Waals surface area contributed by atoms with Gasteiger partial charge in [0.15, 0.2) is 0 Å². The molecule has 1 aromatic heterocycles. The van der Waals surface area contributed by atoms with Crippen LogP contribution < -0.4 is 5.32 Å². The summed E-state index contributed by atoms with van der Waals surface area (Å²) >= 11 is 12.0. The van der Waals surface area contributed by atoms with Crippen LogP contribution in [0, 0.1) is 0 Å². The van der Waals surface area contributed by atoms with Gasteiger partial charge in [0.25, 0.3) is 0 Å². The van der Waals surface area contributed by atoms with Gasteiger partial charge in [-0.2, -0.15) is 0 Å². The van der Waals surface area contributed by atoms with E-state index in [4.69, 9.17) is 27.6 Å². The molecule has 0 fully saturated rings. The van der Waals surface area contributed by atoms with Crippen LogP contribution in [-0.2, 0) is 6.54 Å². The van der Waals surface area contributed by atoms with Gasteiger partial charge in [-0.15, -0.1) is 0 Å². The van der Waals surface area contributed by atoms with Crippen LogP contribution in [0.2, 0.25) is 10.0 Å². The Hall–Kier alpha value is -0.960. The summed E-state index contributed by atoms with van der Waals surface area (Å²) in [5.74, 6) is 1.72. The summed E-state index contributed by atoms with van der Waals surface area (Å²) in [4.78, 5) is 0. The van der Waals surface area contributed by atoms with Gasteiger partial charge in [0.05, 0.1) is 6.54 Å². The Morgan fingerprint density at radius 1 is 1.05 bits per heavy atom. The topological polar surface area (TPSA) is 25.2 Å². The maximum absolute atomic E-state index is 6.00. The molecule has 108 valence electrons. The highest BCUT2D eigenvalue weighted by Gasteiger charge is 2.06. The van der Waals surface area contributed by atoms with Gasteiger partial charge in [-0.1, -0.05) is 43.0 Å². The maximum Gasteiger partial charge on any atom is 0.134 e. The Balaban J connectivity index is 1.94. The lowest BCUT2D eigenvalue weighted by molar-refractivity contribution is 0.488. The fourth-order valence-electron chi connectivity index (χ4n) is 2.04. The lowest BCUT2D eigenvalue weighted by Gasteiger charge is -2.02. The Kier molecular flexibility index (Phi) is 5.96. The number of hydrogen-bond donors (Lipinski definition) is 1. The number of nitrogens with one attached hydrogen (secondary N) is 1. The second-order valence-electron chi connectivity index (χ2n) is 4.81. The van der Waals surface area contributed by atoms with Crippen molar-refractivity contribution in [3.8, 4) is 11.3 Å². The molecule has 20 heavy (non-hydrogen) atoms. The van der Waals surface area contributed by atoms with Crippen molar-refractivity contribution in [2.75, 3.05) is 6.54 Å². The zero-order chi connectivity index (χ0) is 14.4. The molecule has 0 radical (unpaired) electrons. The Morgan fingerprint density at radius 2 is 1.80 bits per heavy atom. The van der Waals surface area contributed by atoms with Crippen LogP contribution in [0.4, 0.5) is 0 Å². The van der Waals surface area contributed by atoms with Crippen molar-refractivity contribution >= 4 is 23.2 Å². The van der Waals surface area contributed by atoms with E-state index in [9.17, 15) is 0 Å². The first-order valence-corrected chi connectivity index (χ1v) is 7.70. The highest BCUT2D eigenvalue weighted by molar-refractivity contribution is 6.35. The lowest BCUT2D eigenvalue weighted by Crippen LogP contribution is -2.13. The summed E-state index contributed by atoms with van der Waals surface area (Å²) in [5, 5.41) is 4.61. The van der Waals surface area contributed by atoms with Gasteiger partial charge < -0.3 is 9.73 Å². The van der Waals surface area contributed by atoms with Gasteiger partial charge in [-0.05, 0) is 43.3 Å². The van der Waals surface area contributed by atoms with Crippen LogP contribution in [0.1, 0.15) is 31.9 Å². The normalized spacial score (nSPS) is 10.9. The average Bonchev–Trinajstić information content (AvgIpc) is 2.86. The second-order valence-corrected chi connectivity index (χ2v) is 5.68. The molecule has 0 spiro atoms. The third-order valence-corrected chi connectivity index (χ3v) is 3.50.